The van der Waals surface area contributed by atoms with E-state index < -0.39 is 6.10 Å². The SMILES string of the molecule is COC(=O)C1CN(Cc2c(C)noc2C)CCO1. The molecule has 1 aromatic heterocycles. The van der Waals surface area contributed by atoms with Crippen LogP contribution in [0.4, 0.5) is 0 Å². The molecular weight excluding hydrogens is 236 g/mol. The number of carbonyl (C=O) groups excluding carboxylic acids is 1. The van der Waals surface area contributed by atoms with E-state index in [4.69, 9.17) is 14.0 Å². The van der Waals surface area contributed by atoms with Gasteiger partial charge in [0.2, 0.25) is 0 Å². The Balaban J connectivity index is 2.00. The van der Waals surface area contributed by atoms with E-state index >= 15 is 0 Å². The summed E-state index contributed by atoms with van der Waals surface area (Å²) in [4.78, 5) is 13.6. The molecule has 0 aromatic carbocycles. The fraction of sp³-hybridized carbons (Fsp3) is 0.667. The Hall–Kier alpha value is -1.40. The maximum Gasteiger partial charge on any atom is 0.336 e. The number of ether oxygens (including phenoxy) is 2. The largest absolute Gasteiger partial charge is 0.467 e. The van der Waals surface area contributed by atoms with Crippen LogP contribution in [0.1, 0.15) is 17.0 Å². The summed E-state index contributed by atoms with van der Waals surface area (Å²) in [5.74, 6) is 0.507. The lowest BCUT2D eigenvalue weighted by atomic mass is 10.1. The molecule has 6 heteroatoms. The third kappa shape index (κ3) is 2.70. The van der Waals surface area contributed by atoms with Gasteiger partial charge >= 0.3 is 5.97 Å². The number of nitrogens with zero attached hydrogens (tertiary/aromatic N) is 2. The molecule has 1 aromatic rings. The second-order valence-electron chi connectivity index (χ2n) is 4.42. The number of aromatic nitrogens is 1. The van der Waals surface area contributed by atoms with Crippen molar-refractivity contribution in [3.63, 3.8) is 0 Å². The molecule has 1 aliphatic rings. The minimum Gasteiger partial charge on any atom is -0.467 e. The van der Waals surface area contributed by atoms with Crippen molar-refractivity contribution in [1.82, 2.24) is 10.1 Å². The lowest BCUT2D eigenvalue weighted by Gasteiger charge is -2.31. The van der Waals surface area contributed by atoms with Crippen molar-refractivity contribution in [2.75, 3.05) is 26.8 Å². The number of carbonyl (C=O) groups is 1. The van der Waals surface area contributed by atoms with Crippen molar-refractivity contribution in [1.29, 1.82) is 0 Å². The van der Waals surface area contributed by atoms with Gasteiger partial charge in [-0.05, 0) is 13.8 Å². The van der Waals surface area contributed by atoms with E-state index in [0.717, 1.165) is 30.1 Å². The fourth-order valence-corrected chi connectivity index (χ4v) is 2.07. The number of hydrogen-bond acceptors (Lipinski definition) is 6. The van der Waals surface area contributed by atoms with Crippen LogP contribution in [0.3, 0.4) is 0 Å². The Morgan fingerprint density at radius 1 is 1.56 bits per heavy atom. The standard InChI is InChI=1S/C12H18N2O4/c1-8-10(9(2)18-13-8)6-14-4-5-17-11(7-14)12(15)16-3/h11H,4-7H2,1-3H3. The Bertz CT molecular complexity index is 410. The van der Waals surface area contributed by atoms with Crippen molar-refractivity contribution in [2.45, 2.75) is 26.5 Å². The van der Waals surface area contributed by atoms with Gasteiger partial charge in [0.1, 0.15) is 5.76 Å². The minimum atomic E-state index is -0.496. The Kier molecular flexibility index (Phi) is 3.98. The molecule has 0 radical (unpaired) electrons. The molecule has 100 valence electrons. The average molecular weight is 254 g/mol. The van der Waals surface area contributed by atoms with Crippen molar-refractivity contribution < 1.29 is 18.8 Å². The first-order chi connectivity index (χ1) is 8.61. The van der Waals surface area contributed by atoms with Crippen LogP contribution in [0.2, 0.25) is 0 Å². The molecule has 0 bridgehead atoms. The predicted octanol–water partition coefficient (Wildman–Crippen LogP) is 0.665. The van der Waals surface area contributed by atoms with Crippen molar-refractivity contribution in [2.24, 2.45) is 0 Å². The van der Waals surface area contributed by atoms with Crippen LogP contribution >= 0.6 is 0 Å². The van der Waals surface area contributed by atoms with Crippen LogP contribution in [-0.4, -0.2) is 48.9 Å². The molecule has 0 aliphatic carbocycles. The van der Waals surface area contributed by atoms with E-state index in [9.17, 15) is 4.79 Å². The molecule has 2 rings (SSSR count). The summed E-state index contributed by atoms with van der Waals surface area (Å²) in [6.45, 7) is 6.40. The first-order valence-electron chi connectivity index (χ1n) is 5.95. The van der Waals surface area contributed by atoms with Crippen LogP contribution in [-0.2, 0) is 20.8 Å². The molecule has 0 N–H and O–H groups in total. The number of rotatable bonds is 3. The number of methoxy groups -OCH3 is 1. The fourth-order valence-electron chi connectivity index (χ4n) is 2.07. The van der Waals surface area contributed by atoms with Gasteiger partial charge in [-0.1, -0.05) is 5.16 Å². The molecule has 0 saturated carbocycles. The van der Waals surface area contributed by atoms with Gasteiger partial charge in [0.15, 0.2) is 6.10 Å². The number of hydrogen-bond donors (Lipinski definition) is 0. The average Bonchev–Trinajstić information content (AvgIpc) is 2.70. The van der Waals surface area contributed by atoms with Gasteiger partial charge in [-0.25, -0.2) is 4.79 Å². The van der Waals surface area contributed by atoms with Gasteiger partial charge < -0.3 is 14.0 Å². The van der Waals surface area contributed by atoms with Gasteiger partial charge in [0.05, 0.1) is 19.4 Å². The minimum absolute atomic E-state index is 0.321. The molecule has 1 unspecified atom stereocenters. The highest BCUT2D eigenvalue weighted by atomic mass is 16.6. The van der Waals surface area contributed by atoms with Gasteiger partial charge in [-0.3, -0.25) is 4.90 Å². The van der Waals surface area contributed by atoms with Gasteiger partial charge in [-0.15, -0.1) is 0 Å². The first-order valence-corrected chi connectivity index (χ1v) is 5.95. The van der Waals surface area contributed by atoms with E-state index in [1.807, 2.05) is 13.8 Å². The van der Waals surface area contributed by atoms with Crippen molar-refractivity contribution in [3.05, 3.63) is 17.0 Å². The number of aryl methyl sites for hydroxylation is 2. The third-order valence-electron chi connectivity index (χ3n) is 3.18. The molecule has 2 heterocycles. The normalized spacial score (nSPS) is 20.9. The summed E-state index contributed by atoms with van der Waals surface area (Å²) in [7, 11) is 1.37. The highest BCUT2D eigenvalue weighted by Gasteiger charge is 2.28. The lowest BCUT2D eigenvalue weighted by Crippen LogP contribution is -2.46. The number of morpholine rings is 1. The maximum atomic E-state index is 11.4. The van der Waals surface area contributed by atoms with E-state index in [2.05, 4.69) is 10.1 Å². The zero-order valence-electron chi connectivity index (χ0n) is 10.9. The summed E-state index contributed by atoms with van der Waals surface area (Å²) in [5, 5.41) is 3.93. The van der Waals surface area contributed by atoms with Gasteiger partial charge in [0, 0.05) is 25.2 Å². The second kappa shape index (κ2) is 5.49. The first kappa shape index (κ1) is 13.0. The highest BCUT2D eigenvalue weighted by molar-refractivity contribution is 5.74. The van der Waals surface area contributed by atoms with E-state index in [-0.39, 0.29) is 5.97 Å². The summed E-state index contributed by atoms with van der Waals surface area (Å²) >= 11 is 0. The van der Waals surface area contributed by atoms with Crippen molar-refractivity contribution >= 4 is 5.97 Å². The van der Waals surface area contributed by atoms with Crippen LogP contribution in [0.5, 0.6) is 0 Å². The Morgan fingerprint density at radius 3 is 2.94 bits per heavy atom. The van der Waals surface area contributed by atoms with Crippen molar-refractivity contribution in [3.8, 4) is 0 Å². The third-order valence-corrected chi connectivity index (χ3v) is 3.18. The van der Waals surface area contributed by atoms with Crippen LogP contribution in [0, 0.1) is 13.8 Å². The molecule has 18 heavy (non-hydrogen) atoms. The zero-order valence-corrected chi connectivity index (χ0v) is 10.9. The summed E-state index contributed by atoms with van der Waals surface area (Å²) in [5.41, 5.74) is 1.98. The van der Waals surface area contributed by atoms with Gasteiger partial charge in [0.25, 0.3) is 0 Å². The highest BCUT2D eigenvalue weighted by Crippen LogP contribution is 2.17. The molecule has 0 amide bonds. The maximum absolute atomic E-state index is 11.4. The smallest absolute Gasteiger partial charge is 0.336 e. The monoisotopic (exact) mass is 254 g/mol. The zero-order chi connectivity index (χ0) is 13.1. The van der Waals surface area contributed by atoms with E-state index in [1.165, 1.54) is 7.11 Å². The summed E-state index contributed by atoms with van der Waals surface area (Å²) in [6, 6.07) is 0. The van der Waals surface area contributed by atoms with Crippen LogP contribution < -0.4 is 0 Å². The quantitative estimate of drug-likeness (QED) is 0.738. The summed E-state index contributed by atoms with van der Waals surface area (Å²) in [6.07, 6.45) is -0.496. The molecule has 1 atom stereocenters. The molecule has 0 spiro atoms. The molecule has 1 aliphatic heterocycles. The predicted molar refractivity (Wildman–Crippen MR) is 63.0 cm³/mol. The molecule has 1 fully saturated rings. The molecular formula is C12H18N2O4. The lowest BCUT2D eigenvalue weighted by molar-refractivity contribution is -0.160. The number of esters is 1. The Morgan fingerprint density at radius 2 is 2.33 bits per heavy atom. The topological polar surface area (TPSA) is 64.8 Å². The molecule has 1 saturated heterocycles. The van der Waals surface area contributed by atoms with Crippen LogP contribution in [0.15, 0.2) is 4.52 Å². The summed E-state index contributed by atoms with van der Waals surface area (Å²) < 4.78 is 15.2. The Labute approximate surface area is 106 Å². The van der Waals surface area contributed by atoms with E-state index in [1.54, 1.807) is 0 Å². The van der Waals surface area contributed by atoms with E-state index in [0.29, 0.717) is 13.2 Å². The second-order valence-corrected chi connectivity index (χ2v) is 4.42. The molecule has 6 nitrogen and oxygen atoms in total. The van der Waals surface area contributed by atoms with Crippen LogP contribution in [0.25, 0.3) is 0 Å². The van der Waals surface area contributed by atoms with Gasteiger partial charge in [-0.2, -0.15) is 0 Å².